The Balaban J connectivity index is 0.000000146. The van der Waals surface area contributed by atoms with Crippen LogP contribution in [0, 0.1) is 36.5 Å². The quantitative estimate of drug-likeness (QED) is 0.0745. The van der Waals surface area contributed by atoms with Crippen molar-refractivity contribution in [1.29, 1.82) is 10.5 Å². The van der Waals surface area contributed by atoms with Crippen molar-refractivity contribution in [2.45, 2.75) is 38.6 Å². The van der Waals surface area contributed by atoms with Crippen LogP contribution >= 0.6 is 66.1 Å². The van der Waals surface area contributed by atoms with Gasteiger partial charge in [-0.3, -0.25) is 0 Å². The number of hydrogen-bond donors (Lipinski definition) is 0. The number of nitriles is 2. The molecule has 552 valence electrons. The van der Waals surface area contributed by atoms with Crippen molar-refractivity contribution in [3.05, 3.63) is 338 Å². The Kier molecular flexibility index (Phi) is 25.4. The van der Waals surface area contributed by atoms with Crippen molar-refractivity contribution >= 4 is 158 Å². The second-order valence-corrected chi connectivity index (χ2v) is 30.6. The van der Waals surface area contributed by atoms with Crippen LogP contribution in [0.5, 0.6) is 0 Å². The van der Waals surface area contributed by atoms with Gasteiger partial charge in [0, 0.05) is 31.4 Å². The summed E-state index contributed by atoms with van der Waals surface area (Å²) in [6.45, 7) is 2.44. The summed E-state index contributed by atoms with van der Waals surface area (Å²) in [6.07, 6.45) is -20.4. The molecule has 0 atom stereocenters. The third-order valence-corrected chi connectivity index (χ3v) is 20.7. The first-order valence-corrected chi connectivity index (χ1v) is 39.4. The van der Waals surface area contributed by atoms with E-state index in [0.29, 0.717) is 57.6 Å². The SMILES string of the molecule is Cc1cc(P(c2cc(C)cc(C(F)(F)F)c2)c2cc(C(F)(F)F)cc(C(F)(F)F)c2)cc(C(F)(F)F)c1.Clc1cccc2c1oc1ccc3c4ccccc4c4ccccc4c3c12.Clc1cccc2c1oc1cccc(-c3ccccc3-c3ccccc3Br)c12.N#Cc1ccccc1.N#Cc1ccccc1.[Cl][Pd][Cl]. The predicted molar refractivity (Wildman–Crippen MR) is 417 cm³/mol. The van der Waals surface area contributed by atoms with Crippen LogP contribution in [0.15, 0.2) is 292 Å². The van der Waals surface area contributed by atoms with Gasteiger partial charge in [-0.1, -0.05) is 215 Å². The fourth-order valence-corrected chi connectivity index (χ4v) is 16.1. The van der Waals surface area contributed by atoms with Crippen molar-refractivity contribution in [1.82, 2.24) is 0 Å². The van der Waals surface area contributed by atoms with Gasteiger partial charge in [-0.05, 0) is 201 Å². The van der Waals surface area contributed by atoms with Gasteiger partial charge in [0.25, 0.3) is 0 Å². The number of benzene rings is 14. The number of alkyl halides is 12. The monoisotopic (exact) mass is 1730 g/mol. The van der Waals surface area contributed by atoms with Gasteiger partial charge < -0.3 is 8.83 Å². The summed E-state index contributed by atoms with van der Waals surface area (Å²) < 4.78 is 175. The molecular formula is C86H52BrCl4F12N2O2PPd. The third kappa shape index (κ3) is 18.6. The zero-order valence-electron chi connectivity index (χ0n) is 56.5. The van der Waals surface area contributed by atoms with Crippen molar-refractivity contribution in [3.63, 3.8) is 0 Å². The minimum absolute atomic E-state index is 0.0379. The Morgan fingerprint density at radius 3 is 1.10 bits per heavy atom. The van der Waals surface area contributed by atoms with Crippen molar-refractivity contribution in [2.75, 3.05) is 0 Å². The molecule has 0 bridgehead atoms. The summed E-state index contributed by atoms with van der Waals surface area (Å²) in [5, 5.41) is 28.3. The van der Waals surface area contributed by atoms with Gasteiger partial charge in [0.05, 0.1) is 55.6 Å². The van der Waals surface area contributed by atoms with Crippen molar-refractivity contribution in [3.8, 4) is 34.4 Å². The molecule has 4 nitrogen and oxygen atoms in total. The van der Waals surface area contributed by atoms with Gasteiger partial charge in [0.1, 0.15) is 11.2 Å². The maximum atomic E-state index is 13.5. The average molecular weight is 1730 g/mol. The van der Waals surface area contributed by atoms with E-state index < -0.39 is 60.2 Å². The van der Waals surface area contributed by atoms with E-state index in [1.54, 1.807) is 24.3 Å². The number of para-hydroxylation sites is 2. The van der Waals surface area contributed by atoms with Crippen LogP contribution < -0.4 is 15.9 Å². The number of fused-ring (bicyclic) bond motifs is 13. The first-order valence-electron chi connectivity index (χ1n) is 32.5. The fourth-order valence-electron chi connectivity index (χ4n) is 12.6. The predicted octanol–water partition coefficient (Wildman–Crippen LogP) is 28.7. The maximum absolute atomic E-state index is 13.5. The third-order valence-electron chi connectivity index (χ3n) is 17.1. The summed E-state index contributed by atoms with van der Waals surface area (Å²) in [5.74, 6) is 0. The molecule has 16 rings (SSSR count). The normalized spacial score (nSPS) is 11.6. The van der Waals surface area contributed by atoms with Crippen LogP contribution in [-0.4, -0.2) is 0 Å². The van der Waals surface area contributed by atoms with Crippen molar-refractivity contribution in [2.24, 2.45) is 0 Å². The molecule has 109 heavy (non-hydrogen) atoms. The second-order valence-electron chi connectivity index (χ2n) is 24.3. The molecule has 2 aromatic heterocycles. The van der Waals surface area contributed by atoms with Crippen LogP contribution in [-0.2, 0) is 40.6 Å². The van der Waals surface area contributed by atoms with Crippen LogP contribution in [0.25, 0.3) is 98.4 Å². The molecule has 0 aliphatic carbocycles. The molecule has 23 heteroatoms. The number of halogens is 17. The van der Waals surface area contributed by atoms with E-state index in [1.807, 2.05) is 91.0 Å². The van der Waals surface area contributed by atoms with Crippen LogP contribution in [0.4, 0.5) is 52.7 Å². The molecular weight excluding hydrogens is 1680 g/mol. The second kappa shape index (κ2) is 34.5. The molecule has 0 fully saturated rings. The van der Waals surface area contributed by atoms with Gasteiger partial charge in [0.15, 0.2) is 11.2 Å². The fraction of sp³-hybridized carbons (Fsp3) is 0.0698. The van der Waals surface area contributed by atoms with E-state index in [1.165, 1.54) is 51.7 Å². The average Bonchev–Trinajstić information content (AvgIpc) is 1.68. The summed E-state index contributed by atoms with van der Waals surface area (Å²) >= 11 is 16.4. The van der Waals surface area contributed by atoms with E-state index >= 15 is 0 Å². The number of nitrogens with zero attached hydrogens (tertiary/aromatic N) is 2. The topological polar surface area (TPSA) is 73.9 Å². The molecule has 0 amide bonds. The summed E-state index contributed by atoms with van der Waals surface area (Å²) in [6, 6.07) is 83.7. The standard InChI is InChI=1S/C24H14BrClO.C24H13ClO.C24H15F12P.2C7H5N.2ClH.Pd/c25-20-12-4-3-9-17(20)15-7-1-2-8-16(15)18-10-6-14-22-23(18)19-11-5-13-21(26)24(19)27-22;25-20-11-5-10-19-23-21(26-24(19)20)13-12-18-16-8-2-1-6-14(16)15-7-3-4-9-17(15)22(18)23;1-12-3-14(21(25,26)27)8-18(5-12)37(19-6-13(2)4-15(9-19)22(28,29)30)20-10-16(23(31,32)33)7-17(11-20)24(34,35)36;2*8-6-7-4-2-1-3-5-7;;;/h1-14H;1-13H;3-11H,1-2H3;2*1-5H;2*1H;/q;;;;;;;+2/p-2. The molecule has 2 heterocycles. The van der Waals surface area contributed by atoms with E-state index in [0.717, 1.165) is 77.2 Å². The Morgan fingerprint density at radius 2 is 0.670 bits per heavy atom. The Labute approximate surface area is 652 Å². The first-order chi connectivity index (χ1) is 52.0. The number of furan rings is 2. The van der Waals surface area contributed by atoms with Gasteiger partial charge in [0.2, 0.25) is 0 Å². The Bertz CT molecular complexity index is 5900. The van der Waals surface area contributed by atoms with E-state index in [9.17, 15) is 52.7 Å². The summed E-state index contributed by atoms with van der Waals surface area (Å²) in [7, 11) is 6.90. The number of aryl methyl sites for hydroxylation is 2. The minimum atomic E-state index is -5.27. The summed E-state index contributed by atoms with van der Waals surface area (Å²) in [5.41, 5.74) is 3.24. The molecule has 14 aromatic carbocycles. The zero-order chi connectivity index (χ0) is 78.1. The van der Waals surface area contributed by atoms with Gasteiger partial charge >= 0.3 is 59.7 Å². The molecule has 0 aliphatic rings. The molecule has 0 radical (unpaired) electrons. The summed E-state index contributed by atoms with van der Waals surface area (Å²) in [4.78, 5) is 0. The Morgan fingerprint density at radius 1 is 0.339 bits per heavy atom. The number of rotatable bonds is 5. The zero-order valence-corrected chi connectivity index (χ0v) is 63.5. The molecule has 0 saturated heterocycles. The molecule has 0 saturated carbocycles. The van der Waals surface area contributed by atoms with E-state index in [2.05, 4.69) is 137 Å². The van der Waals surface area contributed by atoms with E-state index in [4.69, 9.17) is 61.6 Å². The molecule has 0 unspecified atom stereocenters. The number of hydrogen-bond acceptors (Lipinski definition) is 4. The molecule has 16 aromatic rings. The van der Waals surface area contributed by atoms with Crippen LogP contribution in [0.2, 0.25) is 10.0 Å². The van der Waals surface area contributed by atoms with E-state index in [-0.39, 0.29) is 43.7 Å². The first kappa shape index (κ1) is 80.4. The van der Waals surface area contributed by atoms with Gasteiger partial charge in [-0.2, -0.15) is 63.2 Å². The van der Waals surface area contributed by atoms with Crippen LogP contribution in [0.3, 0.4) is 0 Å². The van der Waals surface area contributed by atoms with Crippen molar-refractivity contribution < 1.29 is 77.5 Å². The molecule has 0 N–H and O–H groups in total. The Hall–Kier alpha value is -9.67. The van der Waals surface area contributed by atoms with Crippen LogP contribution in [0.1, 0.15) is 44.5 Å². The van der Waals surface area contributed by atoms with Gasteiger partial charge in [-0.15, -0.1) is 0 Å². The van der Waals surface area contributed by atoms with Gasteiger partial charge in [-0.25, -0.2) is 0 Å². The molecule has 0 spiro atoms. The molecule has 0 aliphatic heterocycles.